The van der Waals surface area contributed by atoms with Crippen molar-refractivity contribution in [2.75, 3.05) is 38.1 Å². The first-order valence-corrected chi connectivity index (χ1v) is 15.3. The van der Waals surface area contributed by atoms with Crippen LogP contribution >= 0.6 is 0 Å². The molecule has 1 fully saturated rings. The molecular formula is C34H42N4O4. The lowest BCUT2D eigenvalue weighted by atomic mass is 9.94. The maximum atomic E-state index is 13.2. The number of unbranched alkanes of at least 4 members (excludes halogenated alkanes) is 1. The quantitative estimate of drug-likeness (QED) is 0.212. The number of benzene rings is 2. The summed E-state index contributed by atoms with van der Waals surface area (Å²) in [7, 11) is 0. The predicted octanol–water partition coefficient (Wildman–Crippen LogP) is 4.83. The van der Waals surface area contributed by atoms with E-state index >= 15 is 0 Å². The number of carboxylic acids is 1. The van der Waals surface area contributed by atoms with E-state index < -0.39 is 17.4 Å². The van der Waals surface area contributed by atoms with Gasteiger partial charge < -0.3 is 20.5 Å². The Labute approximate surface area is 248 Å². The summed E-state index contributed by atoms with van der Waals surface area (Å²) in [4.78, 5) is 32.5. The fourth-order valence-corrected chi connectivity index (χ4v) is 5.69. The highest BCUT2D eigenvalue weighted by Gasteiger charge is 2.51. The SMILES string of the molecule is O=C(O)[C@H](CCN(CCCCc1ccc2c(n1)NCCC2)CCOc1ccccc1)NC(=O)C1(c2ccccc2)CC1. The number of nitrogens with one attached hydrogen (secondary N) is 2. The van der Waals surface area contributed by atoms with Gasteiger partial charge in [-0.2, -0.15) is 0 Å². The molecule has 3 aromatic rings. The molecule has 42 heavy (non-hydrogen) atoms. The number of anilines is 1. The Morgan fingerprint density at radius 3 is 2.48 bits per heavy atom. The van der Waals surface area contributed by atoms with Crippen LogP contribution in [0, 0.1) is 0 Å². The molecule has 3 N–H and O–H groups in total. The van der Waals surface area contributed by atoms with E-state index in [4.69, 9.17) is 9.72 Å². The Kier molecular flexibility index (Phi) is 10.1. The molecule has 1 atom stereocenters. The van der Waals surface area contributed by atoms with Crippen molar-refractivity contribution in [1.82, 2.24) is 15.2 Å². The number of nitrogens with zero attached hydrogens (tertiary/aromatic N) is 2. The van der Waals surface area contributed by atoms with Gasteiger partial charge in [-0.25, -0.2) is 9.78 Å². The number of amides is 1. The normalized spacial score (nSPS) is 15.7. The summed E-state index contributed by atoms with van der Waals surface area (Å²) in [5.41, 5.74) is 2.75. The first-order valence-electron chi connectivity index (χ1n) is 15.3. The van der Waals surface area contributed by atoms with Gasteiger partial charge in [0.15, 0.2) is 0 Å². The van der Waals surface area contributed by atoms with Gasteiger partial charge in [0, 0.05) is 25.3 Å². The molecule has 1 saturated carbocycles. The number of carbonyl (C=O) groups is 2. The number of para-hydroxylation sites is 1. The molecule has 1 aromatic heterocycles. The molecule has 8 nitrogen and oxygen atoms in total. The maximum Gasteiger partial charge on any atom is 0.326 e. The van der Waals surface area contributed by atoms with Crippen molar-refractivity contribution in [3.05, 3.63) is 89.6 Å². The van der Waals surface area contributed by atoms with Crippen molar-refractivity contribution in [3.63, 3.8) is 0 Å². The first kappa shape index (κ1) is 29.6. The highest BCUT2D eigenvalue weighted by atomic mass is 16.5. The van der Waals surface area contributed by atoms with E-state index in [-0.39, 0.29) is 5.91 Å². The lowest BCUT2D eigenvalue weighted by Gasteiger charge is -2.25. The second-order valence-corrected chi connectivity index (χ2v) is 11.4. The number of aromatic nitrogens is 1. The van der Waals surface area contributed by atoms with Crippen LogP contribution in [-0.2, 0) is 27.8 Å². The van der Waals surface area contributed by atoms with E-state index in [0.29, 0.717) is 26.1 Å². The molecule has 0 unspecified atom stereocenters. The van der Waals surface area contributed by atoms with E-state index in [0.717, 1.165) is 80.9 Å². The average molecular weight is 571 g/mol. The van der Waals surface area contributed by atoms with Gasteiger partial charge in [-0.1, -0.05) is 54.6 Å². The summed E-state index contributed by atoms with van der Waals surface area (Å²) in [5.74, 6) is 0.656. The number of hydrogen-bond donors (Lipinski definition) is 3. The van der Waals surface area contributed by atoms with Crippen LogP contribution in [0.1, 0.15) is 55.3 Å². The van der Waals surface area contributed by atoms with Crippen LogP contribution < -0.4 is 15.4 Å². The van der Waals surface area contributed by atoms with Crippen molar-refractivity contribution in [2.45, 2.75) is 62.8 Å². The number of hydrogen-bond acceptors (Lipinski definition) is 6. The molecule has 0 spiro atoms. The van der Waals surface area contributed by atoms with E-state index in [2.05, 4.69) is 27.7 Å². The van der Waals surface area contributed by atoms with E-state index in [1.54, 1.807) is 0 Å². The third-order valence-electron chi connectivity index (χ3n) is 8.38. The van der Waals surface area contributed by atoms with Gasteiger partial charge in [-0.15, -0.1) is 0 Å². The number of fused-ring (bicyclic) bond motifs is 1. The summed E-state index contributed by atoms with van der Waals surface area (Å²) in [6.07, 6.45) is 6.90. The van der Waals surface area contributed by atoms with Crippen molar-refractivity contribution in [2.24, 2.45) is 0 Å². The van der Waals surface area contributed by atoms with E-state index in [9.17, 15) is 14.7 Å². The van der Waals surface area contributed by atoms with Crippen LogP contribution in [0.25, 0.3) is 0 Å². The zero-order chi connectivity index (χ0) is 29.2. The van der Waals surface area contributed by atoms with Crippen LogP contribution in [-0.4, -0.2) is 65.7 Å². The Morgan fingerprint density at radius 2 is 1.74 bits per heavy atom. The third-order valence-corrected chi connectivity index (χ3v) is 8.38. The maximum absolute atomic E-state index is 13.2. The number of pyridine rings is 1. The minimum Gasteiger partial charge on any atom is -0.492 e. The predicted molar refractivity (Wildman–Crippen MR) is 164 cm³/mol. The Balaban J connectivity index is 1.14. The summed E-state index contributed by atoms with van der Waals surface area (Å²) in [5, 5.41) is 16.2. The molecule has 0 bridgehead atoms. The molecule has 2 aliphatic rings. The largest absolute Gasteiger partial charge is 0.492 e. The summed E-state index contributed by atoms with van der Waals surface area (Å²) in [6, 6.07) is 22.8. The van der Waals surface area contributed by atoms with Crippen molar-refractivity contribution >= 4 is 17.7 Å². The third kappa shape index (κ3) is 7.88. The van der Waals surface area contributed by atoms with Crippen molar-refractivity contribution in [3.8, 4) is 5.75 Å². The molecule has 2 aromatic carbocycles. The lowest BCUT2D eigenvalue weighted by molar-refractivity contribution is -0.142. The van der Waals surface area contributed by atoms with Crippen LogP contribution in [0.15, 0.2) is 72.8 Å². The van der Waals surface area contributed by atoms with Gasteiger partial charge in [0.1, 0.15) is 24.2 Å². The number of carbonyl (C=O) groups excluding carboxylic acids is 1. The van der Waals surface area contributed by atoms with E-state index in [1.165, 1.54) is 5.56 Å². The fourth-order valence-electron chi connectivity index (χ4n) is 5.69. The van der Waals surface area contributed by atoms with Crippen LogP contribution in [0.4, 0.5) is 5.82 Å². The number of aliphatic carboxylic acids is 1. The monoisotopic (exact) mass is 570 g/mol. The molecule has 5 rings (SSSR count). The van der Waals surface area contributed by atoms with Gasteiger partial charge in [0.25, 0.3) is 0 Å². The van der Waals surface area contributed by atoms with E-state index in [1.807, 2.05) is 60.7 Å². The van der Waals surface area contributed by atoms with Gasteiger partial charge in [0.05, 0.1) is 5.41 Å². The summed E-state index contributed by atoms with van der Waals surface area (Å²) in [6.45, 7) is 3.52. The molecule has 222 valence electrons. The molecule has 1 amide bonds. The van der Waals surface area contributed by atoms with Crippen molar-refractivity contribution < 1.29 is 19.4 Å². The molecule has 0 radical (unpaired) electrons. The number of rotatable bonds is 16. The highest BCUT2D eigenvalue weighted by Crippen LogP contribution is 2.48. The minimum absolute atomic E-state index is 0.188. The summed E-state index contributed by atoms with van der Waals surface area (Å²) >= 11 is 0. The minimum atomic E-state index is -1.00. The van der Waals surface area contributed by atoms with Crippen LogP contribution in [0.5, 0.6) is 5.75 Å². The molecule has 1 aliphatic heterocycles. The van der Waals surface area contributed by atoms with Crippen LogP contribution in [0.3, 0.4) is 0 Å². The molecule has 1 aliphatic carbocycles. The molecular weight excluding hydrogens is 528 g/mol. The van der Waals surface area contributed by atoms with Gasteiger partial charge in [-0.3, -0.25) is 9.69 Å². The topological polar surface area (TPSA) is 104 Å². The standard InChI is InChI=1S/C34H42N4O4/c39-32(40)30(37-33(41)34(19-20-34)27-11-3-1-4-12-27)18-23-38(24-25-42-29-14-5-2-6-15-29)22-8-7-13-28-17-16-26-10-9-21-35-31(26)36-28/h1-6,11-12,14-17,30H,7-10,13,18-25H2,(H,35,36)(H,37,41)(H,39,40)/t30-/m0/s1. The average Bonchev–Trinajstić information content (AvgIpc) is 3.84. The molecule has 2 heterocycles. The Hall–Kier alpha value is -3.91. The number of ether oxygens (including phenoxy) is 1. The fraction of sp³-hybridized carbons (Fsp3) is 0.441. The Morgan fingerprint density at radius 1 is 0.976 bits per heavy atom. The van der Waals surface area contributed by atoms with Gasteiger partial charge in [0.2, 0.25) is 5.91 Å². The van der Waals surface area contributed by atoms with Crippen LogP contribution in [0.2, 0.25) is 0 Å². The second kappa shape index (κ2) is 14.3. The zero-order valence-electron chi connectivity index (χ0n) is 24.3. The highest BCUT2D eigenvalue weighted by molar-refractivity contribution is 5.94. The number of aryl methyl sites for hydroxylation is 2. The molecule has 0 saturated heterocycles. The number of carboxylic acid groups (broad SMARTS) is 1. The second-order valence-electron chi connectivity index (χ2n) is 11.4. The zero-order valence-corrected chi connectivity index (χ0v) is 24.3. The lowest BCUT2D eigenvalue weighted by Crippen LogP contribution is -2.47. The van der Waals surface area contributed by atoms with Gasteiger partial charge >= 0.3 is 5.97 Å². The van der Waals surface area contributed by atoms with Crippen molar-refractivity contribution in [1.29, 1.82) is 0 Å². The smallest absolute Gasteiger partial charge is 0.326 e. The molecule has 8 heteroatoms. The summed E-state index contributed by atoms with van der Waals surface area (Å²) < 4.78 is 5.94. The first-order chi connectivity index (χ1) is 20.5. The Bertz CT molecular complexity index is 1310. The van der Waals surface area contributed by atoms with Gasteiger partial charge in [-0.05, 0) is 87.2 Å².